The van der Waals surface area contributed by atoms with Gasteiger partial charge in [-0.2, -0.15) is 0 Å². The average molecular weight is 430 g/mol. The van der Waals surface area contributed by atoms with E-state index in [2.05, 4.69) is 30.9 Å². The molecule has 1 aliphatic rings. The quantitative estimate of drug-likeness (QED) is 0.552. The van der Waals surface area contributed by atoms with Crippen LogP contribution in [0.3, 0.4) is 0 Å². The van der Waals surface area contributed by atoms with Crippen LogP contribution >= 0.6 is 11.6 Å². The van der Waals surface area contributed by atoms with Crippen molar-refractivity contribution in [3.05, 3.63) is 75.9 Å². The first-order valence-corrected chi connectivity index (χ1v) is 10.6. The molecule has 1 atom stereocenters. The number of fused-ring (bicyclic) bond motifs is 1. The Bertz CT molecular complexity index is 1270. The average Bonchev–Trinajstić information content (AvgIpc) is 2.69. The molecule has 0 saturated carbocycles. The Morgan fingerprint density at radius 2 is 1.97 bits per heavy atom. The number of anilines is 1. The fourth-order valence-electron chi connectivity index (χ4n) is 2.72. The number of guanidine groups is 1. The highest BCUT2D eigenvalue weighted by molar-refractivity contribution is 7.99. The highest BCUT2D eigenvalue weighted by Crippen LogP contribution is 2.38. The van der Waals surface area contributed by atoms with E-state index in [0.29, 0.717) is 27.1 Å². The Hall–Kier alpha value is -3.30. The lowest BCUT2D eigenvalue weighted by Crippen LogP contribution is -2.40. The molecular weight excluding hydrogens is 414 g/mol. The largest absolute Gasteiger partial charge is 0.454 e. The monoisotopic (exact) mass is 429 g/mol. The zero-order valence-corrected chi connectivity index (χ0v) is 16.6. The number of hydrogen-bond acceptors (Lipinski definition) is 5. The fourth-order valence-corrected chi connectivity index (χ4v) is 4.21. The number of halogens is 1. The molecule has 148 valence electrons. The Balaban J connectivity index is 1.70. The van der Waals surface area contributed by atoms with Crippen molar-refractivity contribution in [2.45, 2.75) is 11.4 Å². The summed E-state index contributed by atoms with van der Waals surface area (Å²) in [7, 11) is -2.89. The second-order valence-corrected chi connectivity index (χ2v) is 8.50. The minimum Gasteiger partial charge on any atom is -0.454 e. The van der Waals surface area contributed by atoms with E-state index in [0.717, 1.165) is 0 Å². The van der Waals surface area contributed by atoms with Crippen molar-refractivity contribution in [2.75, 3.05) is 5.32 Å². The first-order chi connectivity index (χ1) is 13.9. The summed E-state index contributed by atoms with van der Waals surface area (Å²) >= 11 is 6.18. The van der Waals surface area contributed by atoms with Crippen molar-refractivity contribution in [3.63, 3.8) is 0 Å². The van der Waals surface area contributed by atoms with E-state index in [1.54, 1.807) is 42.5 Å². The Labute approximate surface area is 171 Å². The van der Waals surface area contributed by atoms with Crippen molar-refractivity contribution >= 4 is 38.8 Å². The fraction of sp³-hybridized carbons (Fsp3) is 0.0526. The van der Waals surface area contributed by atoms with Crippen LogP contribution in [0, 0.1) is 0 Å². The molecule has 0 spiro atoms. The summed E-state index contributed by atoms with van der Waals surface area (Å²) in [6.45, 7) is -0.0100. The second-order valence-electron chi connectivity index (χ2n) is 6.09. The Morgan fingerprint density at radius 1 is 1.17 bits per heavy atom. The molecule has 1 unspecified atom stereocenters. The Morgan fingerprint density at radius 3 is 2.76 bits per heavy atom. The van der Waals surface area contributed by atoms with E-state index >= 15 is 0 Å². The molecule has 1 aromatic heterocycles. The Kier molecular flexibility index (Phi) is 4.99. The topological polar surface area (TPSA) is 108 Å². The number of benzene rings is 2. The van der Waals surface area contributed by atoms with Gasteiger partial charge in [0.05, 0.1) is 26.2 Å². The van der Waals surface area contributed by atoms with Crippen LogP contribution in [0.1, 0.15) is 5.69 Å². The number of aromatic nitrogens is 2. The van der Waals surface area contributed by atoms with E-state index in [1.807, 2.05) is 0 Å². The molecule has 10 heteroatoms. The molecule has 2 aromatic carbocycles. The van der Waals surface area contributed by atoms with Crippen LogP contribution < -0.4 is 20.3 Å². The third kappa shape index (κ3) is 3.96. The van der Waals surface area contributed by atoms with Crippen LogP contribution in [0.15, 0.2) is 69.5 Å². The van der Waals surface area contributed by atoms with Gasteiger partial charge in [0, 0.05) is 12.4 Å². The van der Waals surface area contributed by atoms with Crippen LogP contribution in [-0.4, -0.2) is 26.0 Å². The van der Waals surface area contributed by atoms with Crippen LogP contribution in [0.2, 0.25) is 5.02 Å². The van der Waals surface area contributed by atoms with Crippen molar-refractivity contribution in [2.24, 2.45) is 4.99 Å². The van der Waals surface area contributed by atoms with Gasteiger partial charge in [-0.25, -0.2) is 9.20 Å². The SMILES string of the molecule is C=S1(=O)NC(=NCc2ncc[nH]c2=O)Nc2c(Oc3ccccc3Cl)cccc21. The lowest BCUT2D eigenvalue weighted by molar-refractivity contribution is 0.483. The van der Waals surface area contributed by atoms with E-state index in [9.17, 15) is 9.00 Å². The van der Waals surface area contributed by atoms with Gasteiger partial charge in [-0.05, 0) is 30.1 Å². The van der Waals surface area contributed by atoms with Crippen molar-refractivity contribution in [1.82, 2.24) is 14.7 Å². The summed E-state index contributed by atoms with van der Waals surface area (Å²) in [5.74, 6) is 4.85. The molecule has 0 amide bonds. The van der Waals surface area contributed by atoms with E-state index in [4.69, 9.17) is 16.3 Å². The van der Waals surface area contributed by atoms with Crippen LogP contribution in [0.4, 0.5) is 5.69 Å². The number of aliphatic imine (C=N–C) groups is 1. The smallest absolute Gasteiger partial charge is 0.271 e. The summed E-state index contributed by atoms with van der Waals surface area (Å²) < 4.78 is 21.8. The molecule has 0 saturated heterocycles. The normalized spacial score (nSPS) is 19.1. The molecule has 3 N–H and O–H groups in total. The van der Waals surface area contributed by atoms with E-state index in [-0.39, 0.29) is 23.8 Å². The van der Waals surface area contributed by atoms with Crippen molar-refractivity contribution in [1.29, 1.82) is 0 Å². The predicted octanol–water partition coefficient (Wildman–Crippen LogP) is 2.78. The molecule has 0 radical (unpaired) electrons. The first kappa shape index (κ1) is 19.0. The zero-order valence-electron chi connectivity index (χ0n) is 15.0. The lowest BCUT2D eigenvalue weighted by atomic mass is 10.2. The number of nitrogens with one attached hydrogen (secondary N) is 3. The molecule has 3 aromatic rings. The van der Waals surface area contributed by atoms with Crippen LogP contribution in [-0.2, 0) is 16.3 Å². The second kappa shape index (κ2) is 7.61. The molecule has 0 aliphatic carbocycles. The number of para-hydroxylation sites is 2. The van der Waals surface area contributed by atoms with Crippen LogP contribution in [0.25, 0.3) is 0 Å². The molecule has 8 nitrogen and oxygen atoms in total. The van der Waals surface area contributed by atoms with Gasteiger partial charge >= 0.3 is 0 Å². The minimum absolute atomic E-state index is 0.0100. The first-order valence-electron chi connectivity index (χ1n) is 8.48. The van der Waals surface area contributed by atoms with Crippen molar-refractivity contribution < 1.29 is 8.95 Å². The van der Waals surface area contributed by atoms with Gasteiger partial charge in [0.25, 0.3) is 5.56 Å². The number of H-pyrrole nitrogens is 1. The highest BCUT2D eigenvalue weighted by Gasteiger charge is 2.25. The number of nitrogens with zero attached hydrogens (tertiary/aromatic N) is 2. The van der Waals surface area contributed by atoms with Gasteiger partial charge in [0.2, 0.25) is 5.96 Å². The summed E-state index contributed by atoms with van der Waals surface area (Å²) in [5, 5.41) is 3.50. The molecule has 0 bridgehead atoms. The minimum atomic E-state index is -2.89. The summed E-state index contributed by atoms with van der Waals surface area (Å²) in [6, 6.07) is 12.2. The molecular formula is C19H16ClN5O3S. The van der Waals surface area contributed by atoms with Crippen molar-refractivity contribution in [3.8, 4) is 11.5 Å². The predicted molar refractivity (Wildman–Crippen MR) is 114 cm³/mol. The molecule has 1 aliphatic heterocycles. The molecule has 2 heterocycles. The molecule has 29 heavy (non-hydrogen) atoms. The van der Waals surface area contributed by atoms with Gasteiger partial charge in [0.1, 0.15) is 17.1 Å². The number of rotatable bonds is 4. The summed E-state index contributed by atoms with van der Waals surface area (Å²) in [6.07, 6.45) is 2.90. The van der Waals surface area contributed by atoms with Gasteiger partial charge in [-0.1, -0.05) is 29.8 Å². The van der Waals surface area contributed by atoms with Gasteiger partial charge < -0.3 is 15.0 Å². The zero-order chi connectivity index (χ0) is 20.4. The standard InChI is InChI=1S/C19H16ClN5O3S/c1-29(27)16-8-4-7-15(28-14-6-3-2-5-12(14)20)17(16)24-19(25-29)23-11-13-18(26)22-10-9-21-13/h2-10H,1,11H2,(H,22,26)(H2,23,24,25,27). The highest BCUT2D eigenvalue weighted by atomic mass is 35.5. The summed E-state index contributed by atoms with van der Waals surface area (Å²) in [4.78, 5) is 23.0. The van der Waals surface area contributed by atoms with E-state index < -0.39 is 9.71 Å². The maximum Gasteiger partial charge on any atom is 0.271 e. The lowest BCUT2D eigenvalue weighted by Gasteiger charge is -2.26. The molecule has 4 rings (SSSR count). The molecule has 0 fully saturated rings. The summed E-state index contributed by atoms with van der Waals surface area (Å²) in [5.41, 5.74) is 0.344. The van der Waals surface area contributed by atoms with Crippen LogP contribution in [0.5, 0.6) is 11.5 Å². The third-order valence-corrected chi connectivity index (χ3v) is 5.96. The van der Waals surface area contributed by atoms with E-state index in [1.165, 1.54) is 12.4 Å². The van der Waals surface area contributed by atoms with Gasteiger partial charge in [-0.3, -0.25) is 14.5 Å². The maximum atomic E-state index is 13.1. The third-order valence-electron chi connectivity index (χ3n) is 4.07. The maximum absolute atomic E-state index is 13.1. The van der Waals surface area contributed by atoms with Gasteiger partial charge in [0.15, 0.2) is 5.75 Å². The van der Waals surface area contributed by atoms with Gasteiger partial charge in [-0.15, -0.1) is 0 Å². The number of ether oxygens (including phenoxy) is 1. The number of hydrogen-bond donors (Lipinski definition) is 3. The number of aromatic amines is 1.